The molecule has 0 spiro atoms. The van der Waals surface area contributed by atoms with Crippen LogP contribution in [0.4, 0.5) is 32.0 Å². The SMILES string of the molecule is O=C(O)c1oc2ccccc2c1CNc1ccc(C(F)(F)F)c(C(F)(F)F)c1. The lowest BCUT2D eigenvalue weighted by atomic mass is 10.0. The first kappa shape index (κ1) is 19.6. The van der Waals surface area contributed by atoms with Crippen LogP contribution in [-0.4, -0.2) is 11.1 Å². The first-order valence-corrected chi connectivity index (χ1v) is 7.74. The lowest BCUT2D eigenvalue weighted by Crippen LogP contribution is -2.17. The minimum atomic E-state index is -5.21. The van der Waals surface area contributed by atoms with Crippen LogP contribution in [0.2, 0.25) is 0 Å². The molecule has 148 valence electrons. The number of benzene rings is 2. The van der Waals surface area contributed by atoms with E-state index in [9.17, 15) is 36.2 Å². The van der Waals surface area contributed by atoms with Crippen molar-refractivity contribution in [3.8, 4) is 0 Å². The number of carbonyl (C=O) groups is 1. The second kappa shape index (κ2) is 6.77. The molecule has 2 aromatic carbocycles. The molecule has 0 saturated carbocycles. The Morgan fingerprint density at radius 1 is 0.964 bits per heavy atom. The number of carboxylic acid groups (broad SMARTS) is 1. The number of halogens is 6. The van der Waals surface area contributed by atoms with Gasteiger partial charge >= 0.3 is 18.3 Å². The van der Waals surface area contributed by atoms with E-state index in [1.807, 2.05) is 0 Å². The van der Waals surface area contributed by atoms with Crippen molar-refractivity contribution >= 4 is 22.6 Å². The Kier molecular flexibility index (Phi) is 4.74. The fourth-order valence-corrected chi connectivity index (χ4v) is 2.77. The van der Waals surface area contributed by atoms with Gasteiger partial charge in [-0.2, -0.15) is 26.3 Å². The highest BCUT2D eigenvalue weighted by molar-refractivity contribution is 5.95. The van der Waals surface area contributed by atoms with E-state index in [2.05, 4.69) is 5.32 Å². The van der Waals surface area contributed by atoms with Crippen molar-refractivity contribution in [1.29, 1.82) is 0 Å². The van der Waals surface area contributed by atoms with Crippen molar-refractivity contribution < 1.29 is 40.7 Å². The van der Waals surface area contributed by atoms with E-state index >= 15 is 0 Å². The Hall–Kier alpha value is -3.17. The molecule has 0 unspecified atom stereocenters. The third kappa shape index (κ3) is 3.75. The molecule has 0 saturated heterocycles. The largest absolute Gasteiger partial charge is 0.475 e. The first-order chi connectivity index (χ1) is 13.0. The molecule has 3 aromatic rings. The molecular formula is C18H11F6NO3. The van der Waals surface area contributed by atoms with Crippen LogP contribution in [0.25, 0.3) is 11.0 Å². The van der Waals surface area contributed by atoms with Gasteiger partial charge in [0.2, 0.25) is 5.76 Å². The molecule has 0 aliphatic heterocycles. The lowest BCUT2D eigenvalue weighted by Gasteiger charge is -2.17. The van der Waals surface area contributed by atoms with E-state index in [-0.39, 0.29) is 23.4 Å². The number of rotatable bonds is 4. The molecule has 3 rings (SSSR count). The van der Waals surface area contributed by atoms with Gasteiger partial charge in [-0.1, -0.05) is 18.2 Å². The first-order valence-electron chi connectivity index (χ1n) is 7.74. The van der Waals surface area contributed by atoms with Crippen molar-refractivity contribution in [2.75, 3.05) is 5.32 Å². The maximum absolute atomic E-state index is 13.0. The Labute approximate surface area is 153 Å². The molecule has 1 heterocycles. The number of furan rings is 1. The van der Waals surface area contributed by atoms with Crippen molar-refractivity contribution in [2.24, 2.45) is 0 Å². The number of anilines is 1. The third-order valence-electron chi connectivity index (χ3n) is 3.99. The summed E-state index contributed by atoms with van der Waals surface area (Å²) >= 11 is 0. The summed E-state index contributed by atoms with van der Waals surface area (Å²) in [6.07, 6.45) is -10.4. The molecule has 0 fully saturated rings. The molecular weight excluding hydrogens is 392 g/mol. The zero-order valence-electron chi connectivity index (χ0n) is 13.8. The van der Waals surface area contributed by atoms with E-state index in [0.717, 1.165) is 6.07 Å². The highest BCUT2D eigenvalue weighted by atomic mass is 19.4. The van der Waals surface area contributed by atoms with Crippen LogP contribution in [0.1, 0.15) is 27.2 Å². The van der Waals surface area contributed by atoms with Crippen molar-refractivity contribution in [1.82, 2.24) is 0 Å². The Morgan fingerprint density at radius 3 is 2.21 bits per heavy atom. The minimum absolute atomic E-state index is 0.163. The number of hydrogen-bond acceptors (Lipinski definition) is 3. The summed E-state index contributed by atoms with van der Waals surface area (Å²) in [7, 11) is 0. The van der Waals surface area contributed by atoms with E-state index < -0.39 is 35.2 Å². The quantitative estimate of drug-likeness (QED) is 0.542. The van der Waals surface area contributed by atoms with Crippen molar-refractivity contribution in [3.05, 3.63) is 64.9 Å². The molecule has 10 heteroatoms. The van der Waals surface area contributed by atoms with E-state index in [1.54, 1.807) is 18.2 Å². The molecule has 0 bridgehead atoms. The lowest BCUT2D eigenvalue weighted by molar-refractivity contribution is -0.162. The summed E-state index contributed by atoms with van der Waals surface area (Å²) in [6.45, 7) is -0.263. The molecule has 1 aromatic heterocycles. The molecule has 4 nitrogen and oxygen atoms in total. The number of para-hydroxylation sites is 1. The van der Waals surface area contributed by atoms with Gasteiger partial charge in [0.05, 0.1) is 11.1 Å². The van der Waals surface area contributed by atoms with Crippen LogP contribution >= 0.6 is 0 Å². The van der Waals surface area contributed by atoms with Gasteiger partial charge in [0.15, 0.2) is 0 Å². The number of alkyl halides is 6. The Bertz CT molecular complexity index is 1040. The Morgan fingerprint density at radius 2 is 1.61 bits per heavy atom. The number of nitrogens with one attached hydrogen (secondary N) is 1. The average molecular weight is 403 g/mol. The molecule has 0 aliphatic rings. The Balaban J connectivity index is 1.97. The van der Waals surface area contributed by atoms with Crippen LogP contribution in [0.3, 0.4) is 0 Å². The standard InChI is InChI=1S/C18H11F6NO3/c19-17(20,21)12-6-5-9(7-13(12)18(22,23)24)25-8-11-10-3-1-2-4-14(10)28-15(11)16(26)27/h1-7,25H,8H2,(H,26,27). The second-order valence-electron chi connectivity index (χ2n) is 5.82. The number of fused-ring (bicyclic) bond motifs is 1. The van der Waals surface area contributed by atoms with Gasteiger partial charge in [-0.25, -0.2) is 4.79 Å². The summed E-state index contributed by atoms with van der Waals surface area (Å²) < 4.78 is 82.8. The molecule has 0 atom stereocenters. The van der Waals surface area contributed by atoms with Gasteiger partial charge in [-0.15, -0.1) is 0 Å². The monoisotopic (exact) mass is 403 g/mol. The smallest absolute Gasteiger partial charge is 0.417 e. The zero-order chi connectivity index (χ0) is 20.7. The van der Waals surface area contributed by atoms with Crippen LogP contribution in [0, 0.1) is 0 Å². The minimum Gasteiger partial charge on any atom is -0.475 e. The summed E-state index contributed by atoms with van der Waals surface area (Å²) in [4.78, 5) is 11.3. The third-order valence-corrected chi connectivity index (χ3v) is 3.99. The predicted octanol–water partition coefficient (Wildman–Crippen LogP) is 5.78. The van der Waals surface area contributed by atoms with E-state index in [4.69, 9.17) is 4.42 Å². The second-order valence-corrected chi connectivity index (χ2v) is 5.82. The molecule has 0 aliphatic carbocycles. The number of carboxylic acids is 1. The average Bonchev–Trinajstić information content (AvgIpc) is 2.97. The van der Waals surface area contributed by atoms with Gasteiger partial charge < -0.3 is 14.8 Å². The fraction of sp³-hybridized carbons (Fsp3) is 0.167. The van der Waals surface area contributed by atoms with Gasteiger partial charge in [-0.05, 0) is 24.3 Å². The highest BCUT2D eigenvalue weighted by Crippen LogP contribution is 2.41. The fourth-order valence-electron chi connectivity index (χ4n) is 2.77. The van der Waals surface area contributed by atoms with Crippen LogP contribution in [0.5, 0.6) is 0 Å². The van der Waals surface area contributed by atoms with Crippen molar-refractivity contribution in [2.45, 2.75) is 18.9 Å². The normalized spacial score (nSPS) is 12.4. The van der Waals surface area contributed by atoms with Crippen LogP contribution in [0.15, 0.2) is 46.9 Å². The number of hydrogen-bond donors (Lipinski definition) is 2. The summed E-state index contributed by atoms with van der Waals surface area (Å²) in [6, 6.07) is 7.83. The highest BCUT2D eigenvalue weighted by Gasteiger charge is 2.43. The summed E-state index contributed by atoms with van der Waals surface area (Å²) in [5, 5.41) is 12.2. The maximum Gasteiger partial charge on any atom is 0.417 e. The molecule has 28 heavy (non-hydrogen) atoms. The molecule has 0 radical (unpaired) electrons. The van der Waals surface area contributed by atoms with Gasteiger partial charge in [0.25, 0.3) is 0 Å². The maximum atomic E-state index is 13.0. The van der Waals surface area contributed by atoms with E-state index in [0.29, 0.717) is 17.5 Å². The van der Waals surface area contributed by atoms with Crippen LogP contribution < -0.4 is 5.32 Å². The van der Waals surface area contributed by atoms with E-state index in [1.165, 1.54) is 6.07 Å². The predicted molar refractivity (Wildman–Crippen MR) is 86.9 cm³/mol. The topological polar surface area (TPSA) is 62.5 Å². The number of aromatic carboxylic acids is 1. The van der Waals surface area contributed by atoms with Gasteiger partial charge in [-0.3, -0.25) is 0 Å². The molecule has 2 N–H and O–H groups in total. The van der Waals surface area contributed by atoms with Gasteiger partial charge in [0.1, 0.15) is 5.58 Å². The summed E-state index contributed by atoms with van der Waals surface area (Å²) in [5.74, 6) is -1.78. The molecule has 0 amide bonds. The van der Waals surface area contributed by atoms with Gasteiger partial charge in [0, 0.05) is 23.2 Å². The van der Waals surface area contributed by atoms with Crippen molar-refractivity contribution in [3.63, 3.8) is 0 Å². The zero-order valence-corrected chi connectivity index (χ0v) is 13.8. The summed E-state index contributed by atoms with van der Waals surface area (Å²) in [5.41, 5.74) is -3.45. The van der Waals surface area contributed by atoms with Crippen LogP contribution in [-0.2, 0) is 18.9 Å².